The number of carbonyl (C=O) groups excluding carboxylic acids is 5. The van der Waals surface area contributed by atoms with Crippen LogP contribution in [-0.2, 0) is 43.2 Å². The lowest BCUT2D eigenvalue weighted by Crippen LogP contribution is -2.65. The van der Waals surface area contributed by atoms with E-state index in [2.05, 4.69) is 20.9 Å². The number of benzene rings is 2. The third-order valence-electron chi connectivity index (χ3n) is 7.50. The molecule has 0 bridgehead atoms. The molecule has 0 saturated carbocycles. The van der Waals surface area contributed by atoms with Crippen molar-refractivity contribution in [1.82, 2.24) is 20.9 Å². The van der Waals surface area contributed by atoms with Crippen LogP contribution in [0.25, 0.3) is 10.9 Å². The molecule has 1 aliphatic carbocycles. The molecule has 4 rings (SSSR count). The number of para-hydroxylation sites is 1. The van der Waals surface area contributed by atoms with E-state index < -0.39 is 53.6 Å². The number of aromatic nitrogens is 1. The highest BCUT2D eigenvalue weighted by Gasteiger charge is 2.45. The number of nitrogens with one attached hydrogen (secondary N) is 4. The molecule has 3 aromatic rings. The fourth-order valence-electron chi connectivity index (χ4n) is 5.35. The fourth-order valence-corrected chi connectivity index (χ4v) is 5.35. The average molecular weight is 561 g/mol. The van der Waals surface area contributed by atoms with Gasteiger partial charge in [-0.05, 0) is 36.0 Å². The number of primary amides is 2. The number of aryl methyl sites for hydroxylation is 1. The van der Waals surface area contributed by atoms with Crippen LogP contribution in [0.4, 0.5) is 0 Å². The average Bonchev–Trinajstić information content (AvgIpc) is 3.28. The number of hydrogen-bond acceptors (Lipinski definition) is 5. The third kappa shape index (κ3) is 6.74. The molecule has 1 heterocycles. The zero-order valence-corrected chi connectivity index (χ0v) is 23.2. The smallest absolute Gasteiger partial charge is 0.246 e. The molecule has 216 valence electrons. The maximum absolute atomic E-state index is 14.1. The topological polar surface area (TPSA) is 189 Å². The van der Waals surface area contributed by atoms with Gasteiger partial charge in [0.15, 0.2) is 0 Å². The van der Waals surface area contributed by atoms with E-state index in [4.69, 9.17) is 11.5 Å². The third-order valence-corrected chi connectivity index (χ3v) is 7.50. The lowest BCUT2D eigenvalue weighted by Gasteiger charge is -2.38. The zero-order chi connectivity index (χ0) is 29.7. The number of rotatable bonds is 11. The minimum Gasteiger partial charge on any atom is -0.370 e. The van der Waals surface area contributed by atoms with Gasteiger partial charge in [-0.2, -0.15) is 0 Å². The Labute approximate surface area is 237 Å². The lowest BCUT2D eigenvalue weighted by atomic mass is 9.78. The standard InChI is InChI=1S/C30H36N6O5/c1-17(2)26(28(40)34-23(27(32)39)15-24(31)37)35-29(41)30(36-25(38)14-18-8-4-3-5-9-18)13-12-22-20(16-30)19-10-6-7-11-21(19)33-22/h3-11,17,23,26,33H,12-16H2,1-2H3,(H2,31,37)(H2,32,39)(H,34,40)(H,35,41)(H,36,38)/t23-,26-,30-/m0/s1. The molecule has 0 saturated heterocycles. The van der Waals surface area contributed by atoms with E-state index in [1.54, 1.807) is 13.8 Å². The molecule has 1 aliphatic rings. The number of carbonyl (C=O) groups is 5. The molecule has 0 aliphatic heterocycles. The number of nitrogens with two attached hydrogens (primary N) is 2. The minimum absolute atomic E-state index is 0.0815. The Kier molecular flexibility index (Phi) is 8.75. The first-order valence-electron chi connectivity index (χ1n) is 13.6. The van der Waals surface area contributed by atoms with Gasteiger partial charge in [-0.1, -0.05) is 62.4 Å². The SMILES string of the molecule is CC(C)[C@H](NC(=O)[C@]1(NC(=O)Cc2ccccc2)CCc2[nH]c3ccccc3c2C1)C(=O)N[C@@H](CC(N)=O)C(N)=O. The van der Waals surface area contributed by atoms with E-state index in [1.807, 2.05) is 54.6 Å². The van der Waals surface area contributed by atoms with Gasteiger partial charge < -0.3 is 32.4 Å². The first kappa shape index (κ1) is 29.3. The van der Waals surface area contributed by atoms with E-state index >= 15 is 0 Å². The maximum atomic E-state index is 14.1. The summed E-state index contributed by atoms with van der Waals surface area (Å²) < 4.78 is 0. The van der Waals surface area contributed by atoms with E-state index in [0.717, 1.165) is 27.7 Å². The second kappa shape index (κ2) is 12.2. The summed E-state index contributed by atoms with van der Waals surface area (Å²) in [6.07, 6.45) is 0.638. The Morgan fingerprint density at radius 3 is 2.29 bits per heavy atom. The quantitative estimate of drug-likeness (QED) is 0.201. The van der Waals surface area contributed by atoms with Crippen LogP contribution in [0.1, 0.15) is 43.5 Å². The van der Waals surface area contributed by atoms with Crippen molar-refractivity contribution >= 4 is 40.4 Å². The summed E-state index contributed by atoms with van der Waals surface area (Å²) in [4.78, 5) is 67.3. The molecule has 0 unspecified atom stereocenters. The maximum Gasteiger partial charge on any atom is 0.246 e. The van der Waals surface area contributed by atoms with E-state index in [9.17, 15) is 24.0 Å². The van der Waals surface area contributed by atoms with Gasteiger partial charge in [-0.15, -0.1) is 0 Å². The van der Waals surface area contributed by atoms with Crippen molar-refractivity contribution < 1.29 is 24.0 Å². The first-order chi connectivity index (χ1) is 19.5. The molecule has 41 heavy (non-hydrogen) atoms. The van der Waals surface area contributed by atoms with Crippen LogP contribution in [0.15, 0.2) is 54.6 Å². The highest BCUT2D eigenvalue weighted by atomic mass is 16.2. The Bertz CT molecular complexity index is 1470. The molecule has 11 nitrogen and oxygen atoms in total. The summed E-state index contributed by atoms with van der Waals surface area (Å²) in [7, 11) is 0. The molecule has 8 N–H and O–H groups in total. The largest absolute Gasteiger partial charge is 0.370 e. The van der Waals surface area contributed by atoms with Gasteiger partial charge >= 0.3 is 0 Å². The van der Waals surface area contributed by atoms with Gasteiger partial charge in [0, 0.05) is 23.0 Å². The second-order valence-corrected chi connectivity index (χ2v) is 10.9. The minimum atomic E-state index is -1.34. The second-order valence-electron chi connectivity index (χ2n) is 10.9. The summed E-state index contributed by atoms with van der Waals surface area (Å²) in [5, 5.41) is 9.23. The molecule has 1 aromatic heterocycles. The van der Waals surface area contributed by atoms with Crippen LogP contribution in [0.3, 0.4) is 0 Å². The van der Waals surface area contributed by atoms with Gasteiger partial charge in [0.05, 0.1) is 12.8 Å². The van der Waals surface area contributed by atoms with Crippen LogP contribution in [0.5, 0.6) is 0 Å². The number of amides is 5. The van der Waals surface area contributed by atoms with Gasteiger partial charge in [-0.3, -0.25) is 24.0 Å². The predicted molar refractivity (Wildman–Crippen MR) is 153 cm³/mol. The monoisotopic (exact) mass is 560 g/mol. The summed E-state index contributed by atoms with van der Waals surface area (Å²) in [5.41, 5.74) is 12.9. The number of H-pyrrole nitrogens is 1. The lowest BCUT2D eigenvalue weighted by molar-refractivity contribution is -0.138. The van der Waals surface area contributed by atoms with Gasteiger partial charge in [-0.25, -0.2) is 0 Å². The first-order valence-corrected chi connectivity index (χ1v) is 13.6. The van der Waals surface area contributed by atoms with Gasteiger partial charge in [0.1, 0.15) is 17.6 Å². The van der Waals surface area contributed by atoms with Gasteiger partial charge in [0.2, 0.25) is 29.5 Å². The van der Waals surface area contributed by atoms with E-state index in [-0.39, 0.29) is 18.7 Å². The van der Waals surface area contributed by atoms with Crippen molar-refractivity contribution in [2.45, 2.75) is 63.6 Å². The molecule has 0 fully saturated rings. The van der Waals surface area contributed by atoms with Crippen molar-refractivity contribution in [2.24, 2.45) is 17.4 Å². The molecule has 2 aromatic carbocycles. The van der Waals surface area contributed by atoms with Crippen molar-refractivity contribution in [3.8, 4) is 0 Å². The van der Waals surface area contributed by atoms with Crippen molar-refractivity contribution in [3.63, 3.8) is 0 Å². The summed E-state index contributed by atoms with van der Waals surface area (Å²) in [6, 6.07) is 14.6. The molecule has 3 atom stereocenters. The normalized spacial score (nSPS) is 17.7. The molecular formula is C30H36N6O5. The van der Waals surface area contributed by atoms with Crippen molar-refractivity contribution in [1.29, 1.82) is 0 Å². The van der Waals surface area contributed by atoms with Crippen LogP contribution in [-0.4, -0.2) is 52.1 Å². The Hall–Kier alpha value is -4.67. The van der Waals surface area contributed by atoms with Crippen LogP contribution in [0, 0.1) is 5.92 Å². The Balaban J connectivity index is 1.63. The predicted octanol–water partition coefficient (Wildman–Crippen LogP) is 0.741. The number of hydrogen-bond donors (Lipinski definition) is 6. The molecule has 0 radical (unpaired) electrons. The highest BCUT2D eigenvalue weighted by molar-refractivity contribution is 5.98. The fraction of sp³-hybridized carbons (Fsp3) is 0.367. The number of aromatic amines is 1. The number of fused-ring (bicyclic) bond motifs is 3. The van der Waals surface area contributed by atoms with Gasteiger partial charge in [0.25, 0.3) is 0 Å². The summed E-state index contributed by atoms with van der Waals surface area (Å²) in [5.74, 6) is -3.66. The van der Waals surface area contributed by atoms with Crippen molar-refractivity contribution in [2.75, 3.05) is 0 Å². The van der Waals surface area contributed by atoms with Crippen molar-refractivity contribution in [3.05, 3.63) is 71.4 Å². The summed E-state index contributed by atoms with van der Waals surface area (Å²) in [6.45, 7) is 3.47. The molecule has 0 spiro atoms. The zero-order valence-electron chi connectivity index (χ0n) is 23.2. The van der Waals surface area contributed by atoms with Crippen LogP contribution in [0.2, 0.25) is 0 Å². The van der Waals surface area contributed by atoms with E-state index in [1.165, 1.54) is 0 Å². The molecular weight excluding hydrogens is 524 g/mol. The van der Waals surface area contributed by atoms with Crippen LogP contribution < -0.4 is 27.4 Å². The van der Waals surface area contributed by atoms with E-state index in [0.29, 0.717) is 12.8 Å². The Morgan fingerprint density at radius 1 is 0.951 bits per heavy atom. The Morgan fingerprint density at radius 2 is 1.63 bits per heavy atom. The highest BCUT2D eigenvalue weighted by Crippen LogP contribution is 2.34. The summed E-state index contributed by atoms with van der Waals surface area (Å²) >= 11 is 0. The van der Waals surface area contributed by atoms with Crippen LogP contribution >= 0.6 is 0 Å². The molecule has 11 heteroatoms. The molecule has 5 amide bonds.